The van der Waals surface area contributed by atoms with Gasteiger partial charge in [-0.2, -0.15) is 0 Å². The third-order valence-corrected chi connectivity index (χ3v) is 2.54. The van der Waals surface area contributed by atoms with Gasteiger partial charge in [-0.25, -0.2) is 9.48 Å². The summed E-state index contributed by atoms with van der Waals surface area (Å²) in [6, 6.07) is 7.48. The van der Waals surface area contributed by atoms with E-state index < -0.39 is 12.1 Å². The number of aliphatic hydroxyl groups is 1. The highest BCUT2D eigenvalue weighted by Crippen LogP contribution is 2.15. The first-order valence-corrected chi connectivity index (χ1v) is 5.44. The zero-order chi connectivity index (χ0) is 13.1. The number of benzene rings is 1. The molecule has 0 aliphatic heterocycles. The zero-order valence-corrected chi connectivity index (χ0v) is 9.82. The predicted octanol–water partition coefficient (Wildman–Crippen LogP) is 1.02. The van der Waals surface area contributed by atoms with E-state index in [4.69, 9.17) is 5.11 Å². The second-order valence-electron chi connectivity index (χ2n) is 4.06. The molecule has 0 spiro atoms. The quantitative estimate of drug-likeness (QED) is 0.842. The number of hydrogen-bond donors (Lipinski definition) is 2. The summed E-state index contributed by atoms with van der Waals surface area (Å²) >= 11 is 0. The lowest BCUT2D eigenvalue weighted by Gasteiger charge is -2.10. The van der Waals surface area contributed by atoms with E-state index in [0.29, 0.717) is 0 Å². The number of rotatable bonds is 4. The summed E-state index contributed by atoms with van der Waals surface area (Å²) in [4.78, 5) is 10.6. The lowest BCUT2D eigenvalue weighted by atomic mass is 10.1. The van der Waals surface area contributed by atoms with Crippen LogP contribution in [0, 0.1) is 6.92 Å². The summed E-state index contributed by atoms with van der Waals surface area (Å²) in [5.74, 6) is -1.13. The Morgan fingerprint density at radius 2 is 2.28 bits per heavy atom. The molecule has 0 aliphatic carbocycles. The van der Waals surface area contributed by atoms with Crippen LogP contribution >= 0.6 is 0 Å². The molecule has 0 saturated carbocycles. The van der Waals surface area contributed by atoms with Crippen molar-refractivity contribution < 1.29 is 15.0 Å². The third-order valence-electron chi connectivity index (χ3n) is 2.54. The van der Waals surface area contributed by atoms with Crippen LogP contribution in [0.15, 0.2) is 30.5 Å². The molecule has 1 atom stereocenters. The van der Waals surface area contributed by atoms with Crippen LogP contribution in [0.5, 0.6) is 0 Å². The maximum absolute atomic E-state index is 10.6. The Hall–Kier alpha value is -2.21. The first-order valence-electron chi connectivity index (χ1n) is 5.44. The largest absolute Gasteiger partial charge is 0.476 e. The normalized spacial score (nSPS) is 12.3. The Bertz CT molecular complexity index is 565. The molecular weight excluding hydrogens is 234 g/mol. The highest BCUT2D eigenvalue weighted by atomic mass is 16.4. The standard InChI is InChI=1S/C12H13N3O3/c1-8-3-2-4-9(5-8)11(16)7-15-6-10(12(17)18)13-14-15/h2-6,11,16H,7H2,1H3,(H,17,18). The van der Waals surface area contributed by atoms with Crippen LogP contribution in [0.3, 0.4) is 0 Å². The summed E-state index contributed by atoms with van der Waals surface area (Å²) in [5.41, 5.74) is 1.69. The fourth-order valence-corrected chi connectivity index (χ4v) is 1.65. The van der Waals surface area contributed by atoms with Gasteiger partial charge in [0.15, 0.2) is 5.69 Å². The predicted molar refractivity (Wildman–Crippen MR) is 63.1 cm³/mol. The molecule has 0 saturated heterocycles. The molecule has 0 bridgehead atoms. The number of aryl methyl sites for hydroxylation is 1. The summed E-state index contributed by atoms with van der Waals surface area (Å²) < 4.78 is 1.32. The highest BCUT2D eigenvalue weighted by molar-refractivity contribution is 5.84. The SMILES string of the molecule is Cc1cccc(C(O)Cn2cc(C(=O)O)nn2)c1. The number of carboxylic acid groups (broad SMARTS) is 1. The molecule has 1 heterocycles. The van der Waals surface area contributed by atoms with Crippen LogP contribution in [0.4, 0.5) is 0 Å². The molecule has 2 N–H and O–H groups in total. The van der Waals surface area contributed by atoms with E-state index in [2.05, 4.69) is 10.3 Å². The van der Waals surface area contributed by atoms with Crippen molar-refractivity contribution in [3.8, 4) is 0 Å². The lowest BCUT2D eigenvalue weighted by molar-refractivity contribution is 0.0690. The number of nitrogens with zero attached hydrogens (tertiary/aromatic N) is 3. The monoisotopic (exact) mass is 247 g/mol. The molecule has 0 fully saturated rings. The lowest BCUT2D eigenvalue weighted by Crippen LogP contribution is -2.09. The molecule has 0 radical (unpaired) electrons. The molecule has 1 unspecified atom stereocenters. The molecule has 1 aromatic carbocycles. The summed E-state index contributed by atoms with van der Waals surface area (Å²) in [7, 11) is 0. The molecule has 0 amide bonds. The van der Waals surface area contributed by atoms with E-state index in [0.717, 1.165) is 11.1 Å². The molecule has 2 aromatic rings. The Labute approximate surface area is 103 Å². The number of aromatic nitrogens is 3. The van der Waals surface area contributed by atoms with Crippen molar-refractivity contribution in [2.75, 3.05) is 0 Å². The van der Waals surface area contributed by atoms with Crippen molar-refractivity contribution in [3.05, 3.63) is 47.3 Å². The van der Waals surface area contributed by atoms with Gasteiger partial charge in [0.05, 0.1) is 18.8 Å². The van der Waals surface area contributed by atoms with Crippen molar-refractivity contribution in [1.82, 2.24) is 15.0 Å². The molecule has 6 heteroatoms. The Balaban J connectivity index is 2.11. The Morgan fingerprint density at radius 3 is 2.89 bits per heavy atom. The van der Waals surface area contributed by atoms with E-state index in [9.17, 15) is 9.90 Å². The van der Waals surface area contributed by atoms with Gasteiger partial charge in [-0.3, -0.25) is 0 Å². The van der Waals surface area contributed by atoms with Gasteiger partial charge < -0.3 is 10.2 Å². The van der Waals surface area contributed by atoms with E-state index in [1.54, 1.807) is 0 Å². The minimum Gasteiger partial charge on any atom is -0.476 e. The number of aliphatic hydroxyl groups excluding tert-OH is 1. The van der Waals surface area contributed by atoms with Crippen LogP contribution in [-0.4, -0.2) is 31.2 Å². The van der Waals surface area contributed by atoms with Crippen LogP contribution in [0.25, 0.3) is 0 Å². The molecule has 0 aliphatic rings. The second kappa shape index (κ2) is 4.97. The Morgan fingerprint density at radius 1 is 1.50 bits per heavy atom. The van der Waals surface area contributed by atoms with Gasteiger partial charge in [-0.15, -0.1) is 5.10 Å². The van der Waals surface area contributed by atoms with Gasteiger partial charge in [0.1, 0.15) is 0 Å². The van der Waals surface area contributed by atoms with Crippen LogP contribution in [-0.2, 0) is 6.54 Å². The van der Waals surface area contributed by atoms with Gasteiger partial charge >= 0.3 is 5.97 Å². The van der Waals surface area contributed by atoms with Gasteiger partial charge in [-0.05, 0) is 12.5 Å². The Kier molecular flexibility index (Phi) is 3.38. The highest BCUT2D eigenvalue weighted by Gasteiger charge is 2.12. The fraction of sp³-hybridized carbons (Fsp3) is 0.250. The minimum absolute atomic E-state index is 0.133. The molecule has 18 heavy (non-hydrogen) atoms. The summed E-state index contributed by atoms with van der Waals surface area (Å²) in [6.07, 6.45) is 0.551. The maximum atomic E-state index is 10.6. The molecule has 2 rings (SSSR count). The van der Waals surface area contributed by atoms with Crippen LogP contribution < -0.4 is 0 Å². The second-order valence-corrected chi connectivity index (χ2v) is 4.06. The van der Waals surface area contributed by atoms with Gasteiger partial charge in [0.2, 0.25) is 0 Å². The average molecular weight is 247 g/mol. The minimum atomic E-state index is -1.13. The van der Waals surface area contributed by atoms with Crippen LogP contribution in [0.1, 0.15) is 27.7 Å². The molecule has 94 valence electrons. The van der Waals surface area contributed by atoms with Crippen molar-refractivity contribution in [1.29, 1.82) is 0 Å². The topological polar surface area (TPSA) is 88.2 Å². The smallest absolute Gasteiger partial charge is 0.358 e. The van der Waals surface area contributed by atoms with E-state index in [-0.39, 0.29) is 12.2 Å². The van der Waals surface area contributed by atoms with Gasteiger partial charge in [-0.1, -0.05) is 35.0 Å². The van der Waals surface area contributed by atoms with Crippen LogP contribution in [0.2, 0.25) is 0 Å². The summed E-state index contributed by atoms with van der Waals surface area (Å²) in [6.45, 7) is 2.11. The van der Waals surface area contributed by atoms with Crippen molar-refractivity contribution in [2.24, 2.45) is 0 Å². The van der Waals surface area contributed by atoms with Crippen molar-refractivity contribution >= 4 is 5.97 Å². The number of aromatic carboxylic acids is 1. The van der Waals surface area contributed by atoms with Gasteiger partial charge in [0.25, 0.3) is 0 Å². The maximum Gasteiger partial charge on any atom is 0.358 e. The van der Waals surface area contributed by atoms with Crippen molar-refractivity contribution in [3.63, 3.8) is 0 Å². The third kappa shape index (κ3) is 2.72. The zero-order valence-electron chi connectivity index (χ0n) is 9.82. The van der Waals surface area contributed by atoms with Gasteiger partial charge in [0, 0.05) is 0 Å². The molecule has 1 aromatic heterocycles. The molecular formula is C12H13N3O3. The molecule has 6 nitrogen and oxygen atoms in total. The average Bonchev–Trinajstić information content (AvgIpc) is 2.77. The number of carbonyl (C=O) groups is 1. The van der Waals surface area contributed by atoms with E-state index in [1.165, 1.54) is 10.9 Å². The summed E-state index contributed by atoms with van der Waals surface area (Å²) in [5, 5.41) is 25.9. The number of carboxylic acids is 1. The van der Waals surface area contributed by atoms with E-state index >= 15 is 0 Å². The fourth-order valence-electron chi connectivity index (χ4n) is 1.65. The first-order chi connectivity index (χ1) is 8.56. The van der Waals surface area contributed by atoms with Crippen molar-refractivity contribution in [2.45, 2.75) is 19.6 Å². The number of hydrogen-bond acceptors (Lipinski definition) is 4. The van der Waals surface area contributed by atoms with E-state index in [1.807, 2.05) is 31.2 Å². The first kappa shape index (κ1) is 12.3.